The second kappa shape index (κ2) is 5.24. The molecule has 0 spiro atoms. The van der Waals surface area contributed by atoms with Crippen LogP contribution < -0.4 is 10.6 Å². The first-order valence-corrected chi connectivity index (χ1v) is 6.29. The second-order valence-corrected chi connectivity index (χ2v) is 4.59. The van der Waals surface area contributed by atoms with Crippen LogP contribution in [-0.2, 0) is 9.59 Å². The Labute approximate surface area is 123 Å². The molecule has 0 bridgehead atoms. The van der Waals surface area contributed by atoms with E-state index in [0.29, 0.717) is 5.69 Å². The number of fused-ring (bicyclic) bond motifs is 1. The summed E-state index contributed by atoms with van der Waals surface area (Å²) in [7, 11) is 0. The van der Waals surface area contributed by atoms with Gasteiger partial charge >= 0.3 is 0 Å². The highest BCUT2D eigenvalue weighted by Gasteiger charge is 2.31. The van der Waals surface area contributed by atoms with Crippen LogP contribution in [-0.4, -0.2) is 31.5 Å². The van der Waals surface area contributed by atoms with Crippen molar-refractivity contribution in [1.82, 2.24) is 14.8 Å². The fraction of sp³-hybridized carbons (Fsp3) is 0.167. The molecule has 2 amide bonds. The second-order valence-electron chi connectivity index (χ2n) is 4.59. The number of anilines is 2. The number of rotatable bonds is 3. The summed E-state index contributed by atoms with van der Waals surface area (Å²) in [6, 6.07) is 4.58. The molecule has 10 nitrogen and oxygen atoms in total. The van der Waals surface area contributed by atoms with Crippen LogP contribution >= 0.6 is 0 Å². The minimum Gasteiger partial charge on any atom is -0.324 e. The van der Waals surface area contributed by atoms with Crippen LogP contribution in [0.2, 0.25) is 0 Å². The van der Waals surface area contributed by atoms with Gasteiger partial charge in [-0.05, 0) is 12.1 Å². The van der Waals surface area contributed by atoms with E-state index < -0.39 is 16.9 Å². The maximum atomic E-state index is 12.3. The zero-order valence-corrected chi connectivity index (χ0v) is 11.1. The Morgan fingerprint density at radius 2 is 2.14 bits per heavy atom. The van der Waals surface area contributed by atoms with Gasteiger partial charge in [0.15, 0.2) is 0 Å². The highest BCUT2D eigenvalue weighted by Crippen LogP contribution is 2.23. The summed E-state index contributed by atoms with van der Waals surface area (Å²) < 4.78 is 1.32. The Hall–Kier alpha value is -3.30. The van der Waals surface area contributed by atoms with E-state index in [0.717, 1.165) is 0 Å². The summed E-state index contributed by atoms with van der Waals surface area (Å²) in [6.45, 7) is 0. The molecule has 2 N–H and O–H groups in total. The number of non-ortho nitro benzene ring substituents is 1. The van der Waals surface area contributed by atoms with Crippen molar-refractivity contribution in [3.05, 3.63) is 40.7 Å². The fourth-order valence-corrected chi connectivity index (χ4v) is 2.10. The standard InChI is InChI=1S/C12H10N6O4/c19-10-5-9(17-12(16-10)13-6-14-17)11(20)15-7-1-3-8(4-2-7)18(21)22/h1-4,6,9H,5H2,(H,15,20)(H,13,14,16,19). The molecule has 1 aromatic heterocycles. The third-order valence-corrected chi connectivity index (χ3v) is 3.15. The van der Waals surface area contributed by atoms with Crippen LogP contribution in [0.5, 0.6) is 0 Å². The molecule has 0 aliphatic carbocycles. The molecule has 1 unspecified atom stereocenters. The maximum absolute atomic E-state index is 12.3. The molecule has 1 aliphatic rings. The highest BCUT2D eigenvalue weighted by atomic mass is 16.6. The Morgan fingerprint density at radius 1 is 1.41 bits per heavy atom. The smallest absolute Gasteiger partial charge is 0.269 e. The molecule has 0 saturated heterocycles. The molecule has 0 fully saturated rings. The number of hydrogen-bond donors (Lipinski definition) is 2. The van der Waals surface area contributed by atoms with Gasteiger partial charge in [-0.2, -0.15) is 10.1 Å². The van der Waals surface area contributed by atoms with Crippen LogP contribution in [0, 0.1) is 10.1 Å². The average molecular weight is 302 g/mol. The van der Waals surface area contributed by atoms with E-state index in [4.69, 9.17) is 0 Å². The third kappa shape index (κ3) is 2.49. The van der Waals surface area contributed by atoms with Crippen molar-refractivity contribution in [3.63, 3.8) is 0 Å². The van der Waals surface area contributed by atoms with Crippen molar-refractivity contribution in [1.29, 1.82) is 0 Å². The van der Waals surface area contributed by atoms with Crippen molar-refractivity contribution in [2.75, 3.05) is 10.6 Å². The van der Waals surface area contributed by atoms with Gasteiger partial charge in [0.05, 0.1) is 11.3 Å². The lowest BCUT2D eigenvalue weighted by molar-refractivity contribution is -0.384. The minimum absolute atomic E-state index is 0.0603. The Kier molecular flexibility index (Phi) is 3.26. The Balaban J connectivity index is 1.78. The van der Waals surface area contributed by atoms with E-state index in [1.807, 2.05) is 0 Å². The lowest BCUT2D eigenvalue weighted by Crippen LogP contribution is -2.35. The van der Waals surface area contributed by atoms with Gasteiger partial charge in [0, 0.05) is 17.8 Å². The first kappa shape index (κ1) is 13.7. The maximum Gasteiger partial charge on any atom is 0.269 e. The molecule has 22 heavy (non-hydrogen) atoms. The van der Waals surface area contributed by atoms with Gasteiger partial charge in [-0.3, -0.25) is 25.0 Å². The highest BCUT2D eigenvalue weighted by molar-refractivity contribution is 6.00. The molecular weight excluding hydrogens is 292 g/mol. The summed E-state index contributed by atoms with van der Waals surface area (Å²) in [6.07, 6.45) is 1.18. The summed E-state index contributed by atoms with van der Waals surface area (Å²) in [5.74, 6) is -0.570. The quantitative estimate of drug-likeness (QED) is 0.633. The number of carbonyl (C=O) groups excluding carboxylic acids is 2. The molecule has 0 radical (unpaired) electrons. The average Bonchev–Trinajstić information content (AvgIpc) is 2.94. The van der Waals surface area contributed by atoms with Crippen molar-refractivity contribution in [3.8, 4) is 0 Å². The van der Waals surface area contributed by atoms with Gasteiger partial charge in [0.25, 0.3) is 5.69 Å². The van der Waals surface area contributed by atoms with E-state index in [1.54, 1.807) is 0 Å². The van der Waals surface area contributed by atoms with Crippen molar-refractivity contribution < 1.29 is 14.5 Å². The number of nitro benzene ring substituents is 1. The zero-order valence-electron chi connectivity index (χ0n) is 11.1. The molecule has 1 atom stereocenters. The normalized spacial score (nSPS) is 16.5. The third-order valence-electron chi connectivity index (χ3n) is 3.15. The number of nitro groups is 1. The molecule has 10 heteroatoms. The van der Waals surface area contributed by atoms with Crippen molar-refractivity contribution >= 4 is 29.1 Å². The lowest BCUT2D eigenvalue weighted by atomic mass is 10.1. The van der Waals surface area contributed by atoms with E-state index >= 15 is 0 Å². The molecule has 112 valence electrons. The minimum atomic E-state index is -0.818. The lowest BCUT2D eigenvalue weighted by Gasteiger charge is -2.22. The first-order valence-electron chi connectivity index (χ1n) is 6.29. The fourth-order valence-electron chi connectivity index (χ4n) is 2.10. The van der Waals surface area contributed by atoms with Gasteiger partial charge in [-0.25, -0.2) is 4.68 Å². The van der Waals surface area contributed by atoms with Crippen molar-refractivity contribution in [2.24, 2.45) is 0 Å². The van der Waals surface area contributed by atoms with Gasteiger partial charge in [-0.1, -0.05) is 0 Å². The predicted octanol–water partition coefficient (Wildman–Crippen LogP) is 0.708. The molecule has 3 rings (SSSR count). The van der Waals surface area contributed by atoms with Crippen molar-refractivity contribution in [2.45, 2.75) is 12.5 Å². The summed E-state index contributed by atoms with van der Waals surface area (Å²) in [5.41, 5.74) is 0.317. The summed E-state index contributed by atoms with van der Waals surface area (Å²) in [4.78, 5) is 37.7. The number of benzene rings is 1. The SMILES string of the molecule is O=C1CC(C(=O)Nc2ccc([N+](=O)[O-])cc2)n2ncnc2N1. The Bertz CT molecular complexity index is 753. The number of aromatic nitrogens is 3. The van der Waals surface area contributed by atoms with Gasteiger partial charge < -0.3 is 5.32 Å². The monoisotopic (exact) mass is 302 g/mol. The van der Waals surface area contributed by atoms with E-state index in [1.165, 1.54) is 35.3 Å². The molecule has 2 heterocycles. The number of hydrogen-bond acceptors (Lipinski definition) is 6. The van der Waals surface area contributed by atoms with Crippen LogP contribution in [0.4, 0.5) is 17.3 Å². The Morgan fingerprint density at radius 3 is 2.82 bits per heavy atom. The number of nitrogens with one attached hydrogen (secondary N) is 2. The van der Waals surface area contributed by atoms with E-state index in [-0.39, 0.29) is 24.0 Å². The molecule has 0 saturated carbocycles. The number of nitrogens with zero attached hydrogens (tertiary/aromatic N) is 4. The number of carbonyl (C=O) groups is 2. The van der Waals surface area contributed by atoms with Gasteiger partial charge in [0.1, 0.15) is 12.4 Å². The molecule has 2 aromatic rings. The van der Waals surface area contributed by atoms with Crippen LogP contribution in [0.25, 0.3) is 0 Å². The van der Waals surface area contributed by atoms with Crippen LogP contribution in [0.1, 0.15) is 12.5 Å². The zero-order chi connectivity index (χ0) is 15.7. The van der Waals surface area contributed by atoms with E-state index in [2.05, 4.69) is 20.7 Å². The largest absolute Gasteiger partial charge is 0.324 e. The van der Waals surface area contributed by atoms with E-state index in [9.17, 15) is 19.7 Å². The summed E-state index contributed by atoms with van der Waals surface area (Å²) in [5, 5.41) is 19.6. The molecule has 1 aromatic carbocycles. The van der Waals surface area contributed by atoms with Crippen LogP contribution in [0.3, 0.4) is 0 Å². The van der Waals surface area contributed by atoms with Crippen LogP contribution in [0.15, 0.2) is 30.6 Å². The predicted molar refractivity (Wildman–Crippen MR) is 74.0 cm³/mol. The van der Waals surface area contributed by atoms with Gasteiger partial charge in [-0.15, -0.1) is 0 Å². The number of amides is 2. The molecular formula is C12H10N6O4. The topological polar surface area (TPSA) is 132 Å². The molecule has 1 aliphatic heterocycles. The van der Waals surface area contributed by atoms with Gasteiger partial charge in [0.2, 0.25) is 17.8 Å². The summed E-state index contributed by atoms with van der Waals surface area (Å²) >= 11 is 0. The first-order chi connectivity index (χ1) is 10.5.